The fraction of sp³-hybridized carbons (Fsp3) is 0.900. The molecule has 0 fully saturated rings. The van der Waals surface area contributed by atoms with Crippen LogP contribution in [0.2, 0.25) is 0 Å². The molecule has 2 N–H and O–H groups in total. The van der Waals surface area contributed by atoms with E-state index in [2.05, 4.69) is 0 Å². The molecule has 0 aliphatic rings. The van der Waals surface area contributed by atoms with E-state index in [0.29, 0.717) is 13.0 Å². The molecule has 0 aliphatic carbocycles. The van der Waals surface area contributed by atoms with Gasteiger partial charge in [-0.05, 0) is 26.8 Å². The first-order valence-electron chi connectivity index (χ1n) is 5.26. The van der Waals surface area contributed by atoms with Crippen molar-refractivity contribution in [1.29, 1.82) is 0 Å². The number of amides is 1. The van der Waals surface area contributed by atoms with E-state index >= 15 is 0 Å². The van der Waals surface area contributed by atoms with Crippen LogP contribution in [0.25, 0.3) is 0 Å². The number of hydrogen-bond donors (Lipinski definition) is 1. The van der Waals surface area contributed by atoms with E-state index < -0.39 is 30.6 Å². The third-order valence-electron chi connectivity index (χ3n) is 2.28. The number of carbonyl (C=O) groups is 1. The summed E-state index contributed by atoms with van der Waals surface area (Å²) in [4.78, 5) is 12.6. The third-order valence-corrected chi connectivity index (χ3v) is 2.28. The molecule has 1 amide bonds. The number of hydrogen-bond acceptors (Lipinski definition) is 2. The molecule has 0 aromatic rings. The maximum absolute atomic E-state index is 12.3. The van der Waals surface area contributed by atoms with E-state index in [1.165, 1.54) is 0 Å². The van der Waals surface area contributed by atoms with Gasteiger partial charge >= 0.3 is 6.18 Å². The first kappa shape index (κ1) is 15.2. The van der Waals surface area contributed by atoms with Gasteiger partial charge in [0.1, 0.15) is 6.54 Å². The number of halogens is 3. The number of carbonyl (C=O) groups excluding carboxylic acids is 1. The van der Waals surface area contributed by atoms with Crippen molar-refractivity contribution >= 4 is 5.91 Å². The quantitative estimate of drug-likeness (QED) is 0.796. The molecule has 1 unspecified atom stereocenters. The molecule has 0 saturated heterocycles. The molecule has 0 saturated carbocycles. The van der Waals surface area contributed by atoms with Crippen LogP contribution in [0.5, 0.6) is 0 Å². The fourth-order valence-corrected chi connectivity index (χ4v) is 1.36. The van der Waals surface area contributed by atoms with Crippen molar-refractivity contribution in [3.05, 3.63) is 0 Å². The lowest BCUT2D eigenvalue weighted by Crippen LogP contribution is -2.45. The van der Waals surface area contributed by atoms with Crippen LogP contribution in [0.1, 0.15) is 27.2 Å². The summed E-state index contributed by atoms with van der Waals surface area (Å²) in [7, 11) is 0. The molecule has 0 aromatic heterocycles. The van der Waals surface area contributed by atoms with Crippen molar-refractivity contribution < 1.29 is 18.0 Å². The second-order valence-corrected chi connectivity index (χ2v) is 4.15. The topological polar surface area (TPSA) is 46.3 Å². The van der Waals surface area contributed by atoms with E-state index in [0.717, 1.165) is 4.90 Å². The van der Waals surface area contributed by atoms with Gasteiger partial charge in [0.15, 0.2) is 0 Å². The van der Waals surface area contributed by atoms with E-state index in [-0.39, 0.29) is 0 Å². The highest BCUT2D eigenvalue weighted by Gasteiger charge is 2.35. The predicted octanol–water partition coefficient (Wildman–Crippen LogP) is 1.77. The average Bonchev–Trinajstić information content (AvgIpc) is 2.11. The van der Waals surface area contributed by atoms with Gasteiger partial charge in [-0.1, -0.05) is 6.92 Å². The normalized spacial score (nSPS) is 14.0. The molecule has 0 bridgehead atoms. The summed E-state index contributed by atoms with van der Waals surface area (Å²) in [5.41, 5.74) is 5.28. The van der Waals surface area contributed by atoms with Gasteiger partial charge in [0.2, 0.25) is 5.91 Å². The first-order chi connectivity index (χ1) is 7.19. The minimum atomic E-state index is -4.36. The van der Waals surface area contributed by atoms with E-state index in [1.807, 2.05) is 0 Å². The van der Waals surface area contributed by atoms with Crippen LogP contribution in [-0.2, 0) is 4.79 Å². The highest BCUT2D eigenvalue weighted by atomic mass is 19.4. The van der Waals surface area contributed by atoms with Crippen LogP contribution in [0, 0.1) is 5.92 Å². The molecule has 16 heavy (non-hydrogen) atoms. The zero-order valence-corrected chi connectivity index (χ0v) is 9.84. The molecular formula is C10H19F3N2O. The Balaban J connectivity index is 4.60. The Bertz CT molecular complexity index is 229. The Kier molecular flexibility index (Phi) is 5.78. The van der Waals surface area contributed by atoms with Crippen molar-refractivity contribution in [1.82, 2.24) is 4.90 Å². The lowest BCUT2D eigenvalue weighted by atomic mass is 10.1. The van der Waals surface area contributed by atoms with Crippen LogP contribution in [0.3, 0.4) is 0 Å². The number of nitrogens with zero attached hydrogens (tertiary/aromatic N) is 1. The van der Waals surface area contributed by atoms with Crippen molar-refractivity contribution in [2.24, 2.45) is 11.7 Å². The maximum Gasteiger partial charge on any atom is 0.406 e. The van der Waals surface area contributed by atoms with Gasteiger partial charge in [-0.2, -0.15) is 13.2 Å². The molecule has 1 atom stereocenters. The van der Waals surface area contributed by atoms with Crippen LogP contribution in [-0.4, -0.2) is 36.1 Å². The van der Waals surface area contributed by atoms with Crippen molar-refractivity contribution in [2.45, 2.75) is 39.4 Å². The Morgan fingerprint density at radius 1 is 1.31 bits per heavy atom. The molecule has 96 valence electrons. The molecule has 0 spiro atoms. The molecular weight excluding hydrogens is 221 g/mol. The summed E-state index contributed by atoms with van der Waals surface area (Å²) >= 11 is 0. The molecule has 0 rings (SSSR count). The predicted molar refractivity (Wildman–Crippen MR) is 55.7 cm³/mol. The van der Waals surface area contributed by atoms with Crippen LogP contribution >= 0.6 is 0 Å². The standard InChI is InChI=1S/C10H19F3N2O/c1-7(2)15(6-10(11,12)13)9(16)8(3)4-5-14/h7-8H,4-6,14H2,1-3H3. The lowest BCUT2D eigenvalue weighted by Gasteiger charge is -2.30. The van der Waals surface area contributed by atoms with Gasteiger partial charge < -0.3 is 10.6 Å². The summed E-state index contributed by atoms with van der Waals surface area (Å²) in [6.07, 6.45) is -3.96. The smallest absolute Gasteiger partial charge is 0.331 e. The monoisotopic (exact) mass is 240 g/mol. The summed E-state index contributed by atoms with van der Waals surface area (Å²) in [5.74, 6) is -0.951. The van der Waals surface area contributed by atoms with Crippen LogP contribution in [0.4, 0.5) is 13.2 Å². The highest BCUT2D eigenvalue weighted by Crippen LogP contribution is 2.20. The fourth-order valence-electron chi connectivity index (χ4n) is 1.36. The Morgan fingerprint density at radius 3 is 2.12 bits per heavy atom. The van der Waals surface area contributed by atoms with Gasteiger partial charge in [-0.3, -0.25) is 4.79 Å². The van der Waals surface area contributed by atoms with Crippen molar-refractivity contribution in [3.63, 3.8) is 0 Å². The molecule has 0 aromatic carbocycles. The summed E-state index contributed by atoms with van der Waals surface area (Å²) in [6.45, 7) is 3.84. The number of rotatable bonds is 5. The summed E-state index contributed by atoms with van der Waals surface area (Å²) < 4.78 is 36.8. The van der Waals surface area contributed by atoms with Crippen LogP contribution in [0.15, 0.2) is 0 Å². The minimum absolute atomic E-state index is 0.296. The summed E-state index contributed by atoms with van der Waals surface area (Å²) in [5, 5.41) is 0. The van der Waals surface area contributed by atoms with E-state index in [1.54, 1.807) is 20.8 Å². The SMILES string of the molecule is CC(CCN)C(=O)N(CC(F)(F)F)C(C)C. The molecule has 0 heterocycles. The second-order valence-electron chi connectivity index (χ2n) is 4.15. The Morgan fingerprint density at radius 2 is 1.81 bits per heavy atom. The second kappa shape index (κ2) is 6.08. The van der Waals surface area contributed by atoms with E-state index in [9.17, 15) is 18.0 Å². The van der Waals surface area contributed by atoms with Gasteiger partial charge in [0.25, 0.3) is 0 Å². The van der Waals surface area contributed by atoms with Crippen molar-refractivity contribution in [2.75, 3.05) is 13.1 Å². The van der Waals surface area contributed by atoms with E-state index in [4.69, 9.17) is 5.73 Å². The summed E-state index contributed by atoms with van der Waals surface area (Å²) in [6, 6.07) is -0.464. The number of nitrogens with two attached hydrogens (primary N) is 1. The highest BCUT2D eigenvalue weighted by molar-refractivity contribution is 5.78. The van der Waals surface area contributed by atoms with Gasteiger partial charge in [-0.15, -0.1) is 0 Å². The zero-order chi connectivity index (χ0) is 12.9. The maximum atomic E-state index is 12.3. The third kappa shape index (κ3) is 5.34. The van der Waals surface area contributed by atoms with Gasteiger partial charge in [-0.25, -0.2) is 0 Å². The minimum Gasteiger partial charge on any atom is -0.331 e. The molecule has 6 heteroatoms. The average molecular weight is 240 g/mol. The molecule has 0 aliphatic heterocycles. The number of alkyl halides is 3. The molecule has 3 nitrogen and oxygen atoms in total. The Labute approximate surface area is 93.8 Å². The Hall–Kier alpha value is -0.780. The first-order valence-corrected chi connectivity index (χ1v) is 5.26. The van der Waals surface area contributed by atoms with Gasteiger partial charge in [0, 0.05) is 12.0 Å². The molecule has 0 radical (unpaired) electrons. The largest absolute Gasteiger partial charge is 0.406 e. The zero-order valence-electron chi connectivity index (χ0n) is 9.84. The lowest BCUT2D eigenvalue weighted by molar-refractivity contribution is -0.166. The van der Waals surface area contributed by atoms with Crippen LogP contribution < -0.4 is 5.73 Å². The van der Waals surface area contributed by atoms with Gasteiger partial charge in [0.05, 0.1) is 0 Å². The van der Waals surface area contributed by atoms with Crippen molar-refractivity contribution in [3.8, 4) is 0 Å².